The second-order valence-corrected chi connectivity index (χ2v) is 10.4. The van der Waals surface area contributed by atoms with Crippen LogP contribution in [-0.2, 0) is 17.8 Å². The molecule has 0 aliphatic carbocycles. The van der Waals surface area contributed by atoms with Crippen molar-refractivity contribution in [3.63, 3.8) is 0 Å². The maximum absolute atomic E-state index is 14.4. The van der Waals surface area contributed by atoms with Crippen LogP contribution in [0.5, 0.6) is 5.75 Å². The van der Waals surface area contributed by atoms with Gasteiger partial charge in [-0.25, -0.2) is 24.1 Å². The monoisotopic (exact) mass is 554 g/mol. The number of alkyl halides is 2. The molecule has 5 rings (SSSR count). The van der Waals surface area contributed by atoms with Crippen LogP contribution in [0.4, 0.5) is 13.2 Å². The number of hydrogen-bond acceptors (Lipinski definition) is 6. The molecule has 4 N–H and O–H groups in total. The van der Waals surface area contributed by atoms with E-state index in [-0.39, 0.29) is 11.5 Å². The van der Waals surface area contributed by atoms with E-state index in [1.807, 2.05) is 6.07 Å². The Morgan fingerprint density at radius 3 is 2.50 bits per heavy atom. The number of nitrogens with zero attached hydrogens (tertiary/aromatic N) is 4. The summed E-state index contributed by atoms with van der Waals surface area (Å²) in [6.07, 6.45) is 0.136. The molecule has 0 bridgehead atoms. The van der Waals surface area contributed by atoms with Gasteiger partial charge in [-0.15, -0.1) is 5.10 Å². The third-order valence-corrected chi connectivity index (χ3v) is 7.42. The highest BCUT2D eigenvalue weighted by Crippen LogP contribution is 2.44. The zero-order valence-electron chi connectivity index (χ0n) is 22.2. The van der Waals surface area contributed by atoms with Crippen molar-refractivity contribution in [1.82, 2.24) is 14.6 Å². The molecule has 12 heteroatoms. The van der Waals surface area contributed by atoms with E-state index >= 15 is 0 Å². The molecular weight excluding hydrogens is 525 g/mol. The first kappa shape index (κ1) is 27.3. The van der Waals surface area contributed by atoms with Gasteiger partial charge in [-0.2, -0.15) is 0 Å². The molecule has 0 spiro atoms. The molecule has 2 aliphatic rings. The molecule has 1 aromatic heterocycles. The first-order valence-corrected chi connectivity index (χ1v) is 12.6. The highest BCUT2D eigenvalue weighted by atomic mass is 19.3. The van der Waals surface area contributed by atoms with E-state index < -0.39 is 36.2 Å². The van der Waals surface area contributed by atoms with Gasteiger partial charge in [0.2, 0.25) is 0 Å². The lowest BCUT2D eigenvalue weighted by atomic mass is 9.91. The van der Waals surface area contributed by atoms with Crippen LogP contribution in [0.2, 0.25) is 0 Å². The van der Waals surface area contributed by atoms with E-state index in [1.54, 1.807) is 28.8 Å². The molecule has 1 unspecified atom stereocenters. The van der Waals surface area contributed by atoms with E-state index in [1.165, 1.54) is 33.2 Å². The molecule has 210 valence electrons. The van der Waals surface area contributed by atoms with E-state index in [0.717, 1.165) is 15.6 Å². The summed E-state index contributed by atoms with van der Waals surface area (Å²) in [7, 11) is 3.02. The molecule has 0 radical (unpaired) electrons. The van der Waals surface area contributed by atoms with Crippen molar-refractivity contribution in [1.29, 1.82) is 0 Å². The number of rotatable bonds is 6. The lowest BCUT2D eigenvalue weighted by molar-refractivity contribution is -0.115. The fourth-order valence-corrected chi connectivity index (χ4v) is 5.61. The summed E-state index contributed by atoms with van der Waals surface area (Å²) in [6.45, 7) is 0.819. The Kier molecular flexibility index (Phi) is 6.61. The number of methoxy groups -OCH3 is 1. The number of aryl methyl sites for hydroxylation is 1. The number of ether oxygens (including phenoxy) is 1. The van der Waals surface area contributed by atoms with Crippen molar-refractivity contribution in [3.05, 3.63) is 65.1 Å². The first-order chi connectivity index (χ1) is 18.9. The minimum absolute atomic E-state index is 0.0917. The average Bonchev–Trinajstić information content (AvgIpc) is 3.42. The molecule has 1 atom stereocenters. The first-order valence-electron chi connectivity index (χ1n) is 12.6. The molecular formula is C28H29F3N6O3. The standard InChI is InChI=1S/C28H29F3N6O3/c1-27(15-38)13-28(30,31)14-37(27)26(39)22-12-20(16-4-6-18(29)7-5-16)24-19-11-21(25(32)34-35(2)33)23(40-3)10-17(19)8-9-36(22)24/h4-7,10-12,15H,8-9,13-14,33H2,1-3H3,(H2,32,34). The van der Waals surface area contributed by atoms with Gasteiger partial charge < -0.3 is 24.7 Å². The van der Waals surface area contributed by atoms with Gasteiger partial charge in [0.25, 0.3) is 11.8 Å². The number of halogens is 3. The second kappa shape index (κ2) is 9.70. The average molecular weight is 555 g/mol. The molecule has 2 aliphatic heterocycles. The topological polar surface area (TPSA) is 119 Å². The van der Waals surface area contributed by atoms with Gasteiger partial charge in [0.1, 0.15) is 29.1 Å². The molecule has 1 saturated heterocycles. The molecule has 0 saturated carbocycles. The van der Waals surface area contributed by atoms with Crippen molar-refractivity contribution in [2.45, 2.75) is 37.8 Å². The summed E-state index contributed by atoms with van der Waals surface area (Å²) < 4.78 is 50.0. The van der Waals surface area contributed by atoms with Gasteiger partial charge in [-0.05, 0) is 54.8 Å². The fourth-order valence-electron chi connectivity index (χ4n) is 5.61. The van der Waals surface area contributed by atoms with Gasteiger partial charge in [0.05, 0.1) is 24.9 Å². The number of hydrogen-bond donors (Lipinski definition) is 2. The second-order valence-electron chi connectivity index (χ2n) is 10.4. The number of aldehydes is 1. The summed E-state index contributed by atoms with van der Waals surface area (Å²) in [6, 6.07) is 11.0. The van der Waals surface area contributed by atoms with Gasteiger partial charge in [0.15, 0.2) is 5.84 Å². The number of carbonyl (C=O) groups is 2. The summed E-state index contributed by atoms with van der Waals surface area (Å²) in [5, 5.41) is 5.15. The Labute approximate surface area is 228 Å². The normalized spacial score (nSPS) is 19.7. The number of hydrazone groups is 1. The summed E-state index contributed by atoms with van der Waals surface area (Å²) in [4.78, 5) is 26.7. The Bertz CT molecular complexity index is 1530. The number of hydrazine groups is 1. The molecule has 40 heavy (non-hydrogen) atoms. The third-order valence-electron chi connectivity index (χ3n) is 7.42. The largest absolute Gasteiger partial charge is 0.496 e. The van der Waals surface area contributed by atoms with Gasteiger partial charge in [-0.1, -0.05) is 12.1 Å². The van der Waals surface area contributed by atoms with Gasteiger partial charge in [0, 0.05) is 31.1 Å². The smallest absolute Gasteiger partial charge is 0.271 e. The summed E-state index contributed by atoms with van der Waals surface area (Å²) >= 11 is 0. The zero-order valence-corrected chi connectivity index (χ0v) is 22.2. The van der Waals surface area contributed by atoms with Crippen LogP contribution in [0.25, 0.3) is 22.4 Å². The number of carbonyl (C=O) groups excluding carboxylic acids is 2. The van der Waals surface area contributed by atoms with Crippen molar-refractivity contribution < 1.29 is 27.5 Å². The number of nitrogens with two attached hydrogens (primary N) is 2. The van der Waals surface area contributed by atoms with Crippen LogP contribution in [0.15, 0.2) is 47.6 Å². The van der Waals surface area contributed by atoms with Crippen LogP contribution in [0.1, 0.15) is 35.0 Å². The number of likely N-dealkylation sites (tertiary alicyclic amines) is 1. The van der Waals surface area contributed by atoms with Crippen LogP contribution < -0.4 is 16.3 Å². The number of fused-ring (bicyclic) bond motifs is 3. The van der Waals surface area contributed by atoms with Crippen LogP contribution in [-0.4, -0.2) is 64.8 Å². The van der Waals surface area contributed by atoms with Crippen molar-refractivity contribution in [2.24, 2.45) is 16.7 Å². The molecule has 9 nitrogen and oxygen atoms in total. The summed E-state index contributed by atoms with van der Waals surface area (Å²) in [5.74, 6) is 1.91. The molecule has 1 fully saturated rings. The van der Waals surface area contributed by atoms with Crippen LogP contribution in [0, 0.1) is 5.82 Å². The quantitative estimate of drug-likeness (QED) is 0.159. The molecule has 2 aromatic carbocycles. The maximum Gasteiger partial charge on any atom is 0.271 e. The minimum atomic E-state index is -3.20. The van der Waals surface area contributed by atoms with Gasteiger partial charge >= 0.3 is 0 Å². The maximum atomic E-state index is 14.4. The molecule has 3 aromatic rings. The Morgan fingerprint density at radius 1 is 1.18 bits per heavy atom. The number of aromatic nitrogens is 1. The third kappa shape index (κ3) is 4.57. The zero-order chi connectivity index (χ0) is 29.0. The predicted molar refractivity (Wildman–Crippen MR) is 143 cm³/mol. The Hall–Kier alpha value is -4.32. The number of amides is 1. The van der Waals surface area contributed by atoms with E-state index in [9.17, 15) is 22.8 Å². The Morgan fingerprint density at radius 2 is 1.88 bits per heavy atom. The van der Waals surface area contributed by atoms with Crippen molar-refractivity contribution in [3.8, 4) is 28.1 Å². The lowest BCUT2D eigenvalue weighted by Gasteiger charge is -2.30. The van der Waals surface area contributed by atoms with Crippen molar-refractivity contribution >= 4 is 18.0 Å². The van der Waals surface area contributed by atoms with Crippen LogP contribution in [0.3, 0.4) is 0 Å². The number of amidine groups is 1. The number of benzene rings is 2. The van der Waals surface area contributed by atoms with E-state index in [4.69, 9.17) is 16.3 Å². The molecule has 3 heterocycles. The highest BCUT2D eigenvalue weighted by Gasteiger charge is 2.54. The van der Waals surface area contributed by atoms with Gasteiger partial charge in [-0.3, -0.25) is 4.79 Å². The van der Waals surface area contributed by atoms with E-state index in [2.05, 4.69) is 5.10 Å². The predicted octanol–water partition coefficient (Wildman–Crippen LogP) is 3.39. The van der Waals surface area contributed by atoms with Crippen molar-refractivity contribution in [2.75, 3.05) is 20.7 Å². The molecule has 1 amide bonds. The minimum Gasteiger partial charge on any atom is -0.496 e. The SMILES string of the molecule is COc1cc2c(cc1/C(N)=N/N(C)N)-c1c(-c3ccc(F)cc3)cc(C(=O)N3CC(F)(F)CC3(C)C=O)n1CC2. The summed E-state index contributed by atoms with van der Waals surface area (Å²) in [5.41, 5.74) is 8.60. The van der Waals surface area contributed by atoms with Crippen LogP contribution >= 0.6 is 0 Å². The van der Waals surface area contributed by atoms with E-state index in [0.29, 0.717) is 52.9 Å². The highest BCUT2D eigenvalue weighted by molar-refractivity contribution is 6.03. The fraction of sp³-hybridized carbons (Fsp3) is 0.321. The Balaban J connectivity index is 1.74. The lowest BCUT2D eigenvalue weighted by Crippen LogP contribution is -2.47.